The van der Waals surface area contributed by atoms with E-state index in [1.165, 1.54) is 5.57 Å². The lowest BCUT2D eigenvalue weighted by Gasteiger charge is -2.24. The Bertz CT molecular complexity index is 256. The van der Waals surface area contributed by atoms with Gasteiger partial charge in [0, 0.05) is 6.42 Å². The van der Waals surface area contributed by atoms with Crippen molar-refractivity contribution < 1.29 is 9.47 Å². The van der Waals surface area contributed by atoms with Crippen molar-refractivity contribution in [2.45, 2.75) is 19.8 Å². The Morgan fingerprint density at radius 1 is 1.43 bits per heavy atom. The van der Waals surface area contributed by atoms with E-state index in [-0.39, 0.29) is 0 Å². The summed E-state index contributed by atoms with van der Waals surface area (Å²) in [6.45, 7) is 2.83. The zero-order valence-corrected chi connectivity index (χ0v) is 9.17. The number of rotatable bonds is 4. The summed E-state index contributed by atoms with van der Waals surface area (Å²) in [5.74, 6) is 2.28. The van der Waals surface area contributed by atoms with Gasteiger partial charge in [0.1, 0.15) is 5.76 Å². The molecular formula is C11H19NO2. The van der Waals surface area contributed by atoms with Crippen LogP contribution >= 0.6 is 0 Å². The van der Waals surface area contributed by atoms with E-state index in [1.54, 1.807) is 14.2 Å². The fraction of sp³-hybridized carbons (Fsp3) is 0.636. The molecule has 0 aromatic carbocycles. The first-order valence-electron chi connectivity index (χ1n) is 4.92. The molecule has 0 saturated carbocycles. The fourth-order valence-corrected chi connectivity index (χ4v) is 1.78. The average molecular weight is 197 g/mol. The van der Waals surface area contributed by atoms with E-state index < -0.39 is 0 Å². The molecule has 80 valence electrons. The van der Waals surface area contributed by atoms with Crippen molar-refractivity contribution in [2.24, 2.45) is 11.7 Å². The zero-order valence-electron chi connectivity index (χ0n) is 9.17. The highest BCUT2D eigenvalue weighted by Gasteiger charge is 2.21. The van der Waals surface area contributed by atoms with Gasteiger partial charge in [-0.25, -0.2) is 0 Å². The summed E-state index contributed by atoms with van der Waals surface area (Å²) in [6, 6.07) is 0. The maximum absolute atomic E-state index is 5.56. The molecule has 0 heterocycles. The Labute approximate surface area is 85.6 Å². The number of allylic oxidation sites excluding steroid dienone is 3. The number of nitrogens with two attached hydrogens (primary N) is 1. The molecule has 0 amide bonds. The smallest absolute Gasteiger partial charge is 0.156 e. The molecule has 0 bridgehead atoms. The van der Waals surface area contributed by atoms with Crippen LogP contribution in [0.4, 0.5) is 0 Å². The van der Waals surface area contributed by atoms with Crippen molar-refractivity contribution >= 4 is 0 Å². The van der Waals surface area contributed by atoms with Crippen LogP contribution in [-0.2, 0) is 9.47 Å². The van der Waals surface area contributed by atoms with Crippen LogP contribution in [0.15, 0.2) is 23.2 Å². The first-order valence-corrected chi connectivity index (χ1v) is 4.92. The standard InChI is InChI=1S/C11H19NO2/c1-8-6-10(13-2)11(14-3)7-9(8)4-5-12/h6,9H,4-5,7,12H2,1-3H3. The Hall–Kier alpha value is -0.960. The monoisotopic (exact) mass is 197 g/mol. The second-order valence-electron chi connectivity index (χ2n) is 3.56. The minimum atomic E-state index is 0.508. The SMILES string of the molecule is COC1=C(OC)CC(CCN)C(C)=C1. The predicted octanol–water partition coefficient (Wildman–Crippen LogP) is 1.81. The quantitative estimate of drug-likeness (QED) is 0.747. The molecule has 0 aromatic heterocycles. The summed E-state index contributed by atoms with van der Waals surface area (Å²) < 4.78 is 10.5. The molecule has 0 aromatic rings. The third-order valence-electron chi connectivity index (χ3n) is 2.69. The van der Waals surface area contributed by atoms with Gasteiger partial charge in [0.15, 0.2) is 5.76 Å². The van der Waals surface area contributed by atoms with Gasteiger partial charge in [0.2, 0.25) is 0 Å². The average Bonchev–Trinajstić information content (AvgIpc) is 2.20. The summed E-state index contributed by atoms with van der Waals surface area (Å²) in [5.41, 5.74) is 6.89. The van der Waals surface area contributed by atoms with Gasteiger partial charge in [0.25, 0.3) is 0 Å². The van der Waals surface area contributed by atoms with Gasteiger partial charge in [-0.15, -0.1) is 0 Å². The number of methoxy groups -OCH3 is 2. The zero-order chi connectivity index (χ0) is 10.6. The van der Waals surface area contributed by atoms with Gasteiger partial charge in [0.05, 0.1) is 14.2 Å². The van der Waals surface area contributed by atoms with Crippen molar-refractivity contribution in [1.82, 2.24) is 0 Å². The minimum absolute atomic E-state index is 0.508. The van der Waals surface area contributed by atoms with Crippen molar-refractivity contribution in [1.29, 1.82) is 0 Å². The van der Waals surface area contributed by atoms with Gasteiger partial charge in [-0.1, -0.05) is 5.57 Å². The van der Waals surface area contributed by atoms with E-state index in [2.05, 4.69) is 6.92 Å². The van der Waals surface area contributed by atoms with E-state index in [0.717, 1.165) is 30.9 Å². The van der Waals surface area contributed by atoms with E-state index in [4.69, 9.17) is 15.2 Å². The number of ether oxygens (including phenoxy) is 2. The fourth-order valence-electron chi connectivity index (χ4n) is 1.78. The Morgan fingerprint density at radius 2 is 2.14 bits per heavy atom. The molecule has 1 rings (SSSR count). The lowest BCUT2D eigenvalue weighted by atomic mass is 9.88. The summed E-state index contributed by atoms with van der Waals surface area (Å²) >= 11 is 0. The van der Waals surface area contributed by atoms with Gasteiger partial charge in [-0.2, -0.15) is 0 Å². The van der Waals surface area contributed by atoms with Crippen molar-refractivity contribution in [2.75, 3.05) is 20.8 Å². The first-order chi connectivity index (χ1) is 6.72. The van der Waals surface area contributed by atoms with Crippen LogP contribution in [0.1, 0.15) is 19.8 Å². The van der Waals surface area contributed by atoms with Crippen LogP contribution in [0.5, 0.6) is 0 Å². The molecule has 0 spiro atoms. The first kappa shape index (κ1) is 11.1. The van der Waals surface area contributed by atoms with Gasteiger partial charge >= 0.3 is 0 Å². The highest BCUT2D eigenvalue weighted by molar-refractivity contribution is 5.28. The summed E-state index contributed by atoms with van der Waals surface area (Å²) in [7, 11) is 3.35. The normalized spacial score (nSPS) is 22.0. The molecule has 0 aliphatic heterocycles. The highest BCUT2D eigenvalue weighted by Crippen LogP contribution is 2.31. The molecule has 1 aliphatic rings. The van der Waals surface area contributed by atoms with Gasteiger partial charge in [-0.05, 0) is 31.9 Å². The number of hydrogen-bond acceptors (Lipinski definition) is 3. The third kappa shape index (κ3) is 2.29. The molecule has 1 unspecified atom stereocenters. The van der Waals surface area contributed by atoms with Crippen LogP contribution in [0.25, 0.3) is 0 Å². The molecule has 1 atom stereocenters. The summed E-state index contributed by atoms with van der Waals surface area (Å²) in [4.78, 5) is 0. The maximum atomic E-state index is 5.56. The molecule has 3 heteroatoms. The third-order valence-corrected chi connectivity index (χ3v) is 2.69. The lowest BCUT2D eigenvalue weighted by molar-refractivity contribution is 0.206. The Morgan fingerprint density at radius 3 is 2.64 bits per heavy atom. The molecule has 0 saturated heterocycles. The molecule has 2 N–H and O–H groups in total. The second kappa shape index (κ2) is 5.05. The minimum Gasteiger partial charge on any atom is -0.497 e. The van der Waals surface area contributed by atoms with Gasteiger partial charge < -0.3 is 15.2 Å². The lowest BCUT2D eigenvalue weighted by Crippen LogP contribution is -2.16. The highest BCUT2D eigenvalue weighted by atomic mass is 16.5. The van der Waals surface area contributed by atoms with E-state index in [9.17, 15) is 0 Å². The van der Waals surface area contributed by atoms with Gasteiger partial charge in [-0.3, -0.25) is 0 Å². The summed E-state index contributed by atoms with van der Waals surface area (Å²) in [6.07, 6.45) is 3.95. The van der Waals surface area contributed by atoms with Crippen molar-refractivity contribution in [3.8, 4) is 0 Å². The number of hydrogen-bond donors (Lipinski definition) is 1. The molecule has 0 fully saturated rings. The van der Waals surface area contributed by atoms with E-state index in [1.807, 2.05) is 6.08 Å². The van der Waals surface area contributed by atoms with Crippen LogP contribution in [0, 0.1) is 5.92 Å². The molecular weight excluding hydrogens is 178 g/mol. The van der Waals surface area contributed by atoms with E-state index in [0.29, 0.717) is 5.92 Å². The van der Waals surface area contributed by atoms with Crippen molar-refractivity contribution in [3.05, 3.63) is 23.2 Å². The van der Waals surface area contributed by atoms with Crippen LogP contribution in [0.3, 0.4) is 0 Å². The molecule has 3 nitrogen and oxygen atoms in total. The van der Waals surface area contributed by atoms with Crippen LogP contribution in [-0.4, -0.2) is 20.8 Å². The van der Waals surface area contributed by atoms with E-state index >= 15 is 0 Å². The molecule has 14 heavy (non-hydrogen) atoms. The molecule has 1 aliphatic carbocycles. The molecule has 0 radical (unpaired) electrons. The van der Waals surface area contributed by atoms with Crippen molar-refractivity contribution in [3.63, 3.8) is 0 Å². The van der Waals surface area contributed by atoms with Crippen LogP contribution in [0.2, 0.25) is 0 Å². The largest absolute Gasteiger partial charge is 0.497 e. The predicted molar refractivity (Wildman–Crippen MR) is 56.6 cm³/mol. The van der Waals surface area contributed by atoms with Crippen LogP contribution < -0.4 is 5.73 Å². The Balaban J connectivity index is 2.80. The Kier molecular flexibility index (Phi) is 4.01. The maximum Gasteiger partial charge on any atom is 0.156 e. The second-order valence-corrected chi connectivity index (χ2v) is 3.56. The summed E-state index contributed by atoms with van der Waals surface area (Å²) in [5, 5.41) is 0. The topological polar surface area (TPSA) is 44.5 Å².